The van der Waals surface area contributed by atoms with Crippen LogP contribution in [0.5, 0.6) is 11.5 Å². The molecule has 3 nitrogen and oxygen atoms in total. The van der Waals surface area contributed by atoms with Gasteiger partial charge in [-0.15, -0.1) is 0 Å². The van der Waals surface area contributed by atoms with Crippen LogP contribution in [0.3, 0.4) is 0 Å². The summed E-state index contributed by atoms with van der Waals surface area (Å²) >= 11 is 0. The van der Waals surface area contributed by atoms with Crippen LogP contribution < -0.4 is 47.8 Å². The molecular formula is C39H27B3F10N2OP. The van der Waals surface area contributed by atoms with E-state index in [1.165, 1.54) is 12.1 Å². The maximum absolute atomic E-state index is 15.8. The van der Waals surface area contributed by atoms with E-state index in [0.717, 1.165) is 16.7 Å². The molecule has 17 heteroatoms. The van der Waals surface area contributed by atoms with Crippen LogP contribution >= 0.6 is 7.14 Å². The molecule has 1 heterocycles. The second kappa shape index (κ2) is 14.8. The first-order valence-corrected chi connectivity index (χ1v) is 18.8. The smallest absolute Gasteiger partial charge is 0.285 e. The molecule has 5 N–H and O–H groups in total. The van der Waals surface area contributed by atoms with Gasteiger partial charge < -0.3 is 15.5 Å². The molecule has 56 heavy (non-hydrogen) atoms. The molecule has 6 aromatic rings. The lowest BCUT2D eigenvalue weighted by atomic mass is 9.35. The van der Waals surface area contributed by atoms with Crippen molar-refractivity contribution in [2.45, 2.75) is 19.3 Å². The molecule has 0 unspecified atom stereocenters. The zero-order valence-corrected chi connectivity index (χ0v) is 30.3. The third-order valence-corrected chi connectivity index (χ3v) is 14.1. The van der Waals surface area contributed by atoms with Gasteiger partial charge in [-0.3, -0.25) is 0 Å². The van der Waals surface area contributed by atoms with Gasteiger partial charge in [0.2, 0.25) is 7.13 Å². The zero-order valence-electron chi connectivity index (χ0n) is 29.4. The van der Waals surface area contributed by atoms with Crippen molar-refractivity contribution in [1.82, 2.24) is 0 Å². The molecule has 1 aliphatic rings. The predicted molar refractivity (Wildman–Crippen MR) is 197 cm³/mol. The van der Waals surface area contributed by atoms with E-state index >= 15 is 17.6 Å². The topological polar surface area (TPSA) is 53.5 Å². The lowest BCUT2D eigenvalue weighted by molar-refractivity contribution is -0.426. The van der Waals surface area contributed by atoms with E-state index in [1.807, 2.05) is 73.9 Å². The van der Waals surface area contributed by atoms with E-state index in [-0.39, 0.29) is 17.1 Å². The molecule has 0 fully saturated rings. The van der Waals surface area contributed by atoms with E-state index in [2.05, 4.69) is 5.64 Å². The number of nitrogens with two attached hydrogens (primary N) is 1. The minimum absolute atomic E-state index is 0.181. The molecule has 5 radical (unpaired) electrons. The van der Waals surface area contributed by atoms with Crippen LogP contribution in [0.1, 0.15) is 25.0 Å². The standard InChI is InChI=1S/C39H27B3F10N2OP/c1-39(2)21-15-9-17-23(42(25-27(43)31(47)35(51)32(48)28(25)44)26-29(45)33(49)36(52)34(50)30(26)46)37(21)55-38-22(39)16-10-18-24(38)56(41-54-40-53,19-11-5-3-6-12-19)20-13-7-4-8-14-20/h3-18H,54H2,1-2,53H3. The van der Waals surface area contributed by atoms with Gasteiger partial charge >= 0.3 is 0 Å². The molecule has 6 aromatic carbocycles. The lowest BCUT2D eigenvalue weighted by Crippen LogP contribution is -3.00. The molecule has 7 rings (SSSR count). The number of benzene rings is 6. The SMILES string of the molecule is CC1(C)c2cccc([B-](c3c(F)c(F)c(F)c(F)c3F)c3c(F)c(F)c(F)c(F)c3F)c2Oc2c1cccc2[P+]([B-][NH2+][B-][NH3+])(c1ccccc1)c1ccccc1. The Morgan fingerprint density at radius 3 is 1.39 bits per heavy atom. The normalized spacial score (nSPS) is 13.4. The average Bonchev–Trinajstić information content (AvgIpc) is 3.21. The van der Waals surface area contributed by atoms with Gasteiger partial charge in [0.15, 0.2) is 40.7 Å². The summed E-state index contributed by atoms with van der Waals surface area (Å²) in [6.45, 7) is 0.668. The number of rotatable bonds is 9. The summed E-state index contributed by atoms with van der Waals surface area (Å²) in [5.74, 6) is -25.5. The van der Waals surface area contributed by atoms with Crippen molar-refractivity contribution in [2.75, 3.05) is 0 Å². The number of quaternary nitrogens is 2. The van der Waals surface area contributed by atoms with Gasteiger partial charge in [0.25, 0.3) is 7.55 Å². The Balaban J connectivity index is 1.59. The van der Waals surface area contributed by atoms with Crippen molar-refractivity contribution < 1.29 is 59.4 Å². The third kappa shape index (κ3) is 5.92. The van der Waals surface area contributed by atoms with Crippen LogP contribution in [0.4, 0.5) is 43.9 Å². The number of para-hydroxylation sites is 2. The maximum Gasteiger partial charge on any atom is 0.285 e. The van der Waals surface area contributed by atoms with E-state index in [0.29, 0.717) is 10.9 Å². The Morgan fingerprint density at radius 2 is 0.946 bits per heavy atom. The van der Waals surface area contributed by atoms with Gasteiger partial charge in [0.05, 0.1) is 16.4 Å². The number of ether oxygens (including phenoxy) is 1. The van der Waals surface area contributed by atoms with Gasteiger partial charge in [0.1, 0.15) is 28.6 Å². The summed E-state index contributed by atoms with van der Waals surface area (Å²) < 4.78 is 158. The number of halogens is 10. The molecule has 0 aliphatic carbocycles. The molecule has 0 spiro atoms. The Kier molecular flexibility index (Phi) is 10.4. The Bertz CT molecular complexity index is 2350. The maximum atomic E-state index is 15.8. The molecule has 0 amide bonds. The molecular weight excluding hydrogens is 766 g/mol. The first-order valence-electron chi connectivity index (χ1n) is 17.0. The highest BCUT2D eigenvalue weighted by Gasteiger charge is 2.45. The van der Waals surface area contributed by atoms with Gasteiger partial charge in [0, 0.05) is 16.5 Å². The summed E-state index contributed by atoms with van der Waals surface area (Å²) in [7, 11) is 0.647. The first kappa shape index (κ1) is 39.2. The summed E-state index contributed by atoms with van der Waals surface area (Å²) in [6, 6.07) is 27.9. The number of fused-ring (bicyclic) bond motifs is 2. The van der Waals surface area contributed by atoms with Gasteiger partial charge in [-0.05, 0) is 44.2 Å². The van der Waals surface area contributed by atoms with Crippen molar-refractivity contribution in [3.63, 3.8) is 0 Å². The monoisotopic (exact) mass is 793 g/mol. The largest absolute Gasteiger partial charge is 0.736 e. The zero-order chi connectivity index (χ0) is 40.3. The molecule has 0 atom stereocenters. The van der Waals surface area contributed by atoms with Gasteiger partial charge in [-0.2, -0.15) is 16.4 Å². The van der Waals surface area contributed by atoms with Crippen molar-refractivity contribution in [1.29, 1.82) is 0 Å². The van der Waals surface area contributed by atoms with Crippen LogP contribution in [-0.2, 0) is 5.41 Å². The van der Waals surface area contributed by atoms with Crippen molar-refractivity contribution in [2.24, 2.45) is 0 Å². The highest BCUT2D eigenvalue weighted by Crippen LogP contribution is 2.57. The molecule has 0 saturated heterocycles. The Morgan fingerprint density at radius 1 is 0.536 bits per heavy atom. The van der Waals surface area contributed by atoms with Crippen molar-refractivity contribution in [3.8, 4) is 11.5 Å². The second-order valence-corrected chi connectivity index (χ2v) is 16.7. The lowest BCUT2D eigenvalue weighted by Gasteiger charge is -2.43. The molecule has 0 aromatic heterocycles. The van der Waals surface area contributed by atoms with E-state index in [4.69, 9.17) is 4.74 Å². The number of hydrogen-bond donors (Lipinski definition) is 2. The average molecular weight is 793 g/mol. The summed E-state index contributed by atoms with van der Waals surface area (Å²) in [6.07, 6.45) is 0. The minimum atomic E-state index is -2.92. The quantitative estimate of drug-likeness (QED) is 0.0747. The van der Waals surface area contributed by atoms with Gasteiger partial charge in [-0.25, -0.2) is 43.9 Å². The Hall–Kier alpha value is -5.04. The second-order valence-electron chi connectivity index (χ2n) is 13.5. The van der Waals surface area contributed by atoms with Crippen molar-refractivity contribution >= 4 is 60.8 Å². The number of hydrogen-bond acceptors (Lipinski definition) is 1. The third-order valence-electron chi connectivity index (χ3n) is 10.1. The fourth-order valence-corrected chi connectivity index (χ4v) is 11.3. The molecule has 0 saturated carbocycles. The molecule has 0 bridgehead atoms. The van der Waals surface area contributed by atoms with Crippen LogP contribution in [0.15, 0.2) is 97.1 Å². The van der Waals surface area contributed by atoms with E-state index < -0.39 is 93.8 Å². The van der Waals surface area contributed by atoms with Crippen LogP contribution in [-0.4, -0.2) is 21.4 Å². The summed E-state index contributed by atoms with van der Waals surface area (Å²) in [5.41, 5.74) is -0.843. The summed E-state index contributed by atoms with van der Waals surface area (Å²) in [5, 5.41) is 4.05. The predicted octanol–water partition coefficient (Wildman–Crippen LogP) is 4.19. The Labute approximate surface area is 316 Å². The van der Waals surface area contributed by atoms with Crippen LogP contribution in [0.25, 0.3) is 0 Å². The first-order chi connectivity index (χ1) is 26.7. The molecule has 1 aliphatic heterocycles. The van der Waals surface area contributed by atoms with Crippen molar-refractivity contribution in [3.05, 3.63) is 166 Å². The van der Waals surface area contributed by atoms with Crippen LogP contribution in [0, 0.1) is 58.2 Å². The highest BCUT2D eigenvalue weighted by atomic mass is 31.2. The minimum Gasteiger partial charge on any atom is -0.736 e. The fraction of sp³-hybridized carbons (Fsp3) is 0.0769. The van der Waals surface area contributed by atoms with E-state index in [1.54, 1.807) is 38.7 Å². The fourth-order valence-electron chi connectivity index (χ4n) is 7.44. The van der Waals surface area contributed by atoms with Crippen LogP contribution in [0.2, 0.25) is 0 Å². The summed E-state index contributed by atoms with van der Waals surface area (Å²) in [4.78, 5) is 0. The molecule has 283 valence electrons. The van der Waals surface area contributed by atoms with E-state index in [9.17, 15) is 26.3 Å². The van der Waals surface area contributed by atoms with Gasteiger partial charge in [-0.1, -0.05) is 80.6 Å². The highest BCUT2D eigenvalue weighted by molar-refractivity contribution is 8.15.